The van der Waals surface area contributed by atoms with Crippen molar-refractivity contribution in [1.82, 2.24) is 9.80 Å². The second-order valence-electron chi connectivity index (χ2n) is 7.55. The third kappa shape index (κ3) is 4.42. The number of carbonyl (C=O) groups excluding carboxylic acids is 1. The molecule has 2 rings (SSSR count). The summed E-state index contributed by atoms with van der Waals surface area (Å²) in [7, 11) is 4.08. The van der Waals surface area contributed by atoms with E-state index in [1.807, 2.05) is 63.2 Å². The molecule has 0 radical (unpaired) electrons. The van der Waals surface area contributed by atoms with E-state index in [2.05, 4.69) is 4.90 Å². The van der Waals surface area contributed by atoms with Crippen molar-refractivity contribution < 1.29 is 9.90 Å². The van der Waals surface area contributed by atoms with Gasteiger partial charge in [-0.05, 0) is 46.3 Å². The quantitative estimate of drug-likeness (QED) is 0.825. The lowest BCUT2D eigenvalue weighted by atomic mass is 9.65. The Morgan fingerprint density at radius 3 is 2.40 bits per heavy atom. The standard InChI is InChI=1S/C21H34N2O2/c1-5-23(6-2)20(24)19(17-12-8-7-9-13-17)21(25)15-11-10-14-18(21)16-22(3)4/h7-9,12-13,18-19,25H,5-6,10-11,14-16H2,1-4H3/t18-,19+,21-/m1/s1. The number of amides is 1. The van der Waals surface area contributed by atoms with E-state index in [0.717, 1.165) is 31.4 Å². The number of hydrogen-bond acceptors (Lipinski definition) is 3. The SMILES string of the molecule is CCN(CC)C(=O)[C@H](c1ccccc1)[C@@]1(O)CCCC[C@@H]1CN(C)C. The fourth-order valence-electron chi connectivity index (χ4n) is 4.33. The zero-order valence-electron chi connectivity index (χ0n) is 16.2. The van der Waals surface area contributed by atoms with Gasteiger partial charge in [-0.2, -0.15) is 0 Å². The molecule has 0 spiro atoms. The molecular weight excluding hydrogens is 312 g/mol. The minimum Gasteiger partial charge on any atom is -0.388 e. The van der Waals surface area contributed by atoms with Crippen LogP contribution >= 0.6 is 0 Å². The number of aliphatic hydroxyl groups is 1. The highest BCUT2D eigenvalue weighted by Gasteiger charge is 2.49. The average molecular weight is 347 g/mol. The third-order valence-electron chi connectivity index (χ3n) is 5.63. The summed E-state index contributed by atoms with van der Waals surface area (Å²) in [4.78, 5) is 17.4. The van der Waals surface area contributed by atoms with Crippen molar-refractivity contribution in [2.24, 2.45) is 5.92 Å². The molecule has 0 aliphatic heterocycles. The monoisotopic (exact) mass is 346 g/mol. The molecule has 4 nitrogen and oxygen atoms in total. The van der Waals surface area contributed by atoms with Crippen molar-refractivity contribution in [2.45, 2.75) is 51.0 Å². The van der Waals surface area contributed by atoms with Gasteiger partial charge in [-0.15, -0.1) is 0 Å². The molecule has 0 unspecified atom stereocenters. The predicted octanol–water partition coefficient (Wildman–Crippen LogP) is 3.12. The molecule has 0 aromatic heterocycles. The maximum Gasteiger partial charge on any atom is 0.233 e. The first-order valence-electron chi connectivity index (χ1n) is 9.64. The van der Waals surface area contributed by atoms with E-state index in [1.54, 1.807) is 0 Å². The Kier molecular flexibility index (Phi) is 7.03. The molecule has 3 atom stereocenters. The van der Waals surface area contributed by atoms with Crippen molar-refractivity contribution in [3.63, 3.8) is 0 Å². The normalized spacial score (nSPS) is 25.0. The molecule has 1 aromatic rings. The van der Waals surface area contributed by atoms with Crippen molar-refractivity contribution >= 4 is 5.91 Å². The van der Waals surface area contributed by atoms with Gasteiger partial charge in [0.15, 0.2) is 0 Å². The van der Waals surface area contributed by atoms with Crippen LogP contribution in [-0.4, -0.2) is 60.1 Å². The number of nitrogens with zero attached hydrogens (tertiary/aromatic N) is 2. The van der Waals surface area contributed by atoms with Crippen molar-refractivity contribution in [3.8, 4) is 0 Å². The predicted molar refractivity (Wildman–Crippen MR) is 103 cm³/mol. The van der Waals surface area contributed by atoms with Crippen molar-refractivity contribution in [3.05, 3.63) is 35.9 Å². The maximum atomic E-state index is 13.4. The summed E-state index contributed by atoms with van der Waals surface area (Å²) in [5.41, 5.74) is -0.0450. The molecular formula is C21H34N2O2. The van der Waals surface area contributed by atoms with Crippen LogP contribution in [0.3, 0.4) is 0 Å². The van der Waals surface area contributed by atoms with Crippen LogP contribution in [0, 0.1) is 5.92 Å². The molecule has 1 fully saturated rings. The highest BCUT2D eigenvalue weighted by Crippen LogP contribution is 2.45. The zero-order chi connectivity index (χ0) is 18.4. The van der Waals surface area contributed by atoms with Gasteiger partial charge in [0.2, 0.25) is 5.91 Å². The highest BCUT2D eigenvalue weighted by molar-refractivity contribution is 5.85. The van der Waals surface area contributed by atoms with Crippen LogP contribution < -0.4 is 0 Å². The lowest BCUT2D eigenvalue weighted by molar-refractivity contribution is -0.146. The van der Waals surface area contributed by atoms with Gasteiger partial charge in [0.05, 0.1) is 11.5 Å². The second kappa shape index (κ2) is 8.81. The molecule has 1 N–H and O–H groups in total. The minimum atomic E-state index is -0.983. The number of carbonyl (C=O) groups is 1. The number of rotatable bonds is 7. The molecule has 1 amide bonds. The van der Waals surface area contributed by atoms with Gasteiger partial charge in [-0.1, -0.05) is 43.2 Å². The summed E-state index contributed by atoms with van der Waals surface area (Å²) < 4.78 is 0. The Morgan fingerprint density at radius 1 is 1.20 bits per heavy atom. The molecule has 1 saturated carbocycles. The largest absolute Gasteiger partial charge is 0.388 e. The number of hydrogen-bond donors (Lipinski definition) is 1. The molecule has 1 aliphatic carbocycles. The fraction of sp³-hybridized carbons (Fsp3) is 0.667. The Hall–Kier alpha value is -1.39. The first kappa shape index (κ1) is 19.9. The molecule has 0 saturated heterocycles. The van der Waals surface area contributed by atoms with Crippen LogP contribution in [0.1, 0.15) is 51.0 Å². The summed E-state index contributed by atoms with van der Waals surface area (Å²) in [5, 5.41) is 11.8. The topological polar surface area (TPSA) is 43.8 Å². The van der Waals surface area contributed by atoms with Crippen LogP contribution in [-0.2, 0) is 4.79 Å². The Labute approximate surface area is 152 Å². The summed E-state index contributed by atoms with van der Waals surface area (Å²) in [6.07, 6.45) is 3.78. The fourth-order valence-corrected chi connectivity index (χ4v) is 4.33. The van der Waals surface area contributed by atoms with Gasteiger partial charge >= 0.3 is 0 Å². The second-order valence-corrected chi connectivity index (χ2v) is 7.55. The summed E-state index contributed by atoms with van der Waals surface area (Å²) in [5.74, 6) is -0.316. The molecule has 1 aliphatic rings. The van der Waals surface area contributed by atoms with Gasteiger partial charge < -0.3 is 14.9 Å². The van der Waals surface area contributed by atoms with Crippen LogP contribution in [0.4, 0.5) is 0 Å². The molecule has 0 heterocycles. The van der Waals surface area contributed by atoms with E-state index < -0.39 is 11.5 Å². The lowest BCUT2D eigenvalue weighted by Gasteiger charge is -2.46. The first-order chi connectivity index (χ1) is 11.9. The van der Waals surface area contributed by atoms with Crippen LogP contribution in [0.2, 0.25) is 0 Å². The highest BCUT2D eigenvalue weighted by atomic mass is 16.3. The summed E-state index contributed by atoms with van der Waals surface area (Å²) in [6, 6.07) is 9.87. The smallest absolute Gasteiger partial charge is 0.233 e. The van der Waals surface area contributed by atoms with E-state index in [-0.39, 0.29) is 11.8 Å². The first-order valence-corrected chi connectivity index (χ1v) is 9.64. The van der Waals surface area contributed by atoms with Gasteiger partial charge in [0, 0.05) is 25.6 Å². The third-order valence-corrected chi connectivity index (χ3v) is 5.63. The maximum absolute atomic E-state index is 13.4. The average Bonchev–Trinajstić information content (AvgIpc) is 2.59. The van der Waals surface area contributed by atoms with E-state index >= 15 is 0 Å². The zero-order valence-corrected chi connectivity index (χ0v) is 16.2. The molecule has 4 heteroatoms. The number of benzene rings is 1. The molecule has 140 valence electrons. The molecule has 1 aromatic carbocycles. The van der Waals surface area contributed by atoms with E-state index in [1.165, 1.54) is 0 Å². The van der Waals surface area contributed by atoms with Gasteiger partial charge in [-0.25, -0.2) is 0 Å². The van der Waals surface area contributed by atoms with Crippen molar-refractivity contribution in [2.75, 3.05) is 33.7 Å². The minimum absolute atomic E-state index is 0.0596. The molecule has 0 bridgehead atoms. The summed E-state index contributed by atoms with van der Waals surface area (Å²) in [6.45, 7) is 6.17. The van der Waals surface area contributed by atoms with Gasteiger partial charge in [-0.3, -0.25) is 4.79 Å². The van der Waals surface area contributed by atoms with Gasteiger partial charge in [0.1, 0.15) is 0 Å². The Balaban J connectivity index is 2.46. The number of likely N-dealkylation sites (N-methyl/N-ethyl adjacent to an activating group) is 1. The van der Waals surface area contributed by atoms with E-state index in [4.69, 9.17) is 0 Å². The van der Waals surface area contributed by atoms with Crippen molar-refractivity contribution in [1.29, 1.82) is 0 Å². The van der Waals surface area contributed by atoms with Crippen LogP contribution in [0.15, 0.2) is 30.3 Å². The van der Waals surface area contributed by atoms with E-state index in [9.17, 15) is 9.90 Å². The van der Waals surface area contributed by atoms with Crippen LogP contribution in [0.25, 0.3) is 0 Å². The van der Waals surface area contributed by atoms with Crippen LogP contribution in [0.5, 0.6) is 0 Å². The summed E-state index contributed by atoms with van der Waals surface area (Å²) >= 11 is 0. The van der Waals surface area contributed by atoms with E-state index in [0.29, 0.717) is 19.5 Å². The molecule has 25 heavy (non-hydrogen) atoms. The Bertz CT molecular complexity index is 542. The Morgan fingerprint density at radius 2 is 1.84 bits per heavy atom. The lowest BCUT2D eigenvalue weighted by Crippen LogP contribution is -2.54. The van der Waals surface area contributed by atoms with Gasteiger partial charge in [0.25, 0.3) is 0 Å².